The Bertz CT molecular complexity index is 893. The molecular weight excluding hydrogens is 376 g/mol. The van der Waals surface area contributed by atoms with Gasteiger partial charge in [-0.3, -0.25) is 9.69 Å². The lowest BCUT2D eigenvalue weighted by atomic mass is 10.2. The number of para-hydroxylation sites is 1. The van der Waals surface area contributed by atoms with Crippen molar-refractivity contribution in [1.82, 2.24) is 4.90 Å². The molecule has 1 amide bonds. The molecule has 3 rings (SSSR count). The predicted octanol–water partition coefficient (Wildman–Crippen LogP) is 1.51. The zero-order valence-electron chi connectivity index (χ0n) is 16.0. The SMILES string of the molecule is CCN(C(=O)CN1CCN(c2ccc(S(N)(=O)=O)cc2)CC1)c1ccccc1. The van der Waals surface area contributed by atoms with Crippen molar-refractivity contribution in [2.45, 2.75) is 11.8 Å². The average Bonchev–Trinajstić information content (AvgIpc) is 2.69. The number of sulfonamides is 1. The molecule has 1 aliphatic rings. The second-order valence-corrected chi connectivity index (χ2v) is 8.34. The average molecular weight is 403 g/mol. The molecule has 0 saturated carbocycles. The Hall–Kier alpha value is -2.42. The van der Waals surface area contributed by atoms with E-state index in [1.807, 2.05) is 37.3 Å². The minimum Gasteiger partial charge on any atom is -0.369 e. The van der Waals surface area contributed by atoms with Gasteiger partial charge in [-0.05, 0) is 43.3 Å². The molecule has 150 valence electrons. The smallest absolute Gasteiger partial charge is 0.241 e. The molecule has 0 unspecified atom stereocenters. The normalized spacial score (nSPS) is 15.4. The van der Waals surface area contributed by atoms with Crippen molar-refractivity contribution in [3.8, 4) is 0 Å². The number of hydrogen-bond acceptors (Lipinski definition) is 5. The zero-order chi connectivity index (χ0) is 20.1. The number of likely N-dealkylation sites (N-methyl/N-ethyl adjacent to an activating group) is 1. The zero-order valence-corrected chi connectivity index (χ0v) is 16.8. The van der Waals surface area contributed by atoms with Crippen LogP contribution in [0.15, 0.2) is 59.5 Å². The molecule has 2 aromatic rings. The van der Waals surface area contributed by atoms with Crippen LogP contribution in [0.25, 0.3) is 0 Å². The van der Waals surface area contributed by atoms with Gasteiger partial charge in [0.15, 0.2) is 0 Å². The Kier molecular flexibility index (Phi) is 6.33. The summed E-state index contributed by atoms with van der Waals surface area (Å²) in [6.07, 6.45) is 0. The van der Waals surface area contributed by atoms with Crippen LogP contribution in [-0.2, 0) is 14.8 Å². The van der Waals surface area contributed by atoms with Crippen LogP contribution in [-0.4, -0.2) is 58.5 Å². The van der Waals surface area contributed by atoms with E-state index < -0.39 is 10.0 Å². The Morgan fingerprint density at radius 2 is 1.61 bits per heavy atom. The van der Waals surface area contributed by atoms with Crippen molar-refractivity contribution in [3.05, 3.63) is 54.6 Å². The van der Waals surface area contributed by atoms with E-state index in [-0.39, 0.29) is 10.8 Å². The minimum atomic E-state index is -3.68. The minimum absolute atomic E-state index is 0.0969. The van der Waals surface area contributed by atoms with E-state index in [1.165, 1.54) is 12.1 Å². The lowest BCUT2D eigenvalue weighted by Gasteiger charge is -2.36. The van der Waals surface area contributed by atoms with Gasteiger partial charge >= 0.3 is 0 Å². The van der Waals surface area contributed by atoms with Crippen LogP contribution in [0.1, 0.15) is 6.92 Å². The van der Waals surface area contributed by atoms with Gasteiger partial charge in [-0.25, -0.2) is 13.6 Å². The van der Waals surface area contributed by atoms with E-state index in [0.29, 0.717) is 13.1 Å². The molecule has 0 atom stereocenters. The first-order valence-electron chi connectivity index (χ1n) is 9.34. The van der Waals surface area contributed by atoms with Crippen LogP contribution in [0.5, 0.6) is 0 Å². The van der Waals surface area contributed by atoms with Crippen LogP contribution in [0.2, 0.25) is 0 Å². The maximum atomic E-state index is 12.7. The maximum absolute atomic E-state index is 12.7. The quantitative estimate of drug-likeness (QED) is 0.791. The highest BCUT2D eigenvalue weighted by Gasteiger charge is 2.22. The summed E-state index contributed by atoms with van der Waals surface area (Å²) >= 11 is 0. The summed E-state index contributed by atoms with van der Waals surface area (Å²) < 4.78 is 22.7. The van der Waals surface area contributed by atoms with Crippen molar-refractivity contribution in [1.29, 1.82) is 0 Å². The van der Waals surface area contributed by atoms with Gasteiger partial charge in [0.05, 0.1) is 11.4 Å². The third-order valence-electron chi connectivity index (χ3n) is 4.95. The molecule has 1 heterocycles. The largest absolute Gasteiger partial charge is 0.369 e. The van der Waals surface area contributed by atoms with Crippen LogP contribution in [0.3, 0.4) is 0 Å². The standard InChI is InChI=1S/C20H26N4O3S/c1-2-24(18-6-4-3-5-7-18)20(25)16-22-12-14-23(15-13-22)17-8-10-19(11-9-17)28(21,26)27/h3-11H,2,12-16H2,1H3,(H2,21,26,27). The van der Waals surface area contributed by atoms with E-state index in [1.54, 1.807) is 17.0 Å². The lowest BCUT2D eigenvalue weighted by Crippen LogP contribution is -2.50. The summed E-state index contributed by atoms with van der Waals surface area (Å²) in [5, 5.41) is 5.14. The van der Waals surface area contributed by atoms with Gasteiger partial charge in [0.25, 0.3) is 0 Å². The lowest BCUT2D eigenvalue weighted by molar-refractivity contribution is -0.119. The molecule has 0 spiro atoms. The van der Waals surface area contributed by atoms with Crippen LogP contribution < -0.4 is 14.9 Å². The first-order valence-corrected chi connectivity index (χ1v) is 10.9. The number of nitrogens with zero attached hydrogens (tertiary/aromatic N) is 3. The van der Waals surface area contributed by atoms with Crippen LogP contribution in [0.4, 0.5) is 11.4 Å². The third kappa shape index (κ3) is 4.89. The first-order chi connectivity index (χ1) is 13.4. The molecule has 0 aliphatic carbocycles. The van der Waals surface area contributed by atoms with Gasteiger partial charge in [0.1, 0.15) is 0 Å². The summed E-state index contributed by atoms with van der Waals surface area (Å²) in [5.41, 5.74) is 1.88. The van der Waals surface area contributed by atoms with Crippen LogP contribution >= 0.6 is 0 Å². The monoisotopic (exact) mass is 402 g/mol. The fourth-order valence-electron chi connectivity index (χ4n) is 3.40. The Balaban J connectivity index is 1.56. The van der Waals surface area contributed by atoms with Crippen LogP contribution in [0, 0.1) is 0 Å². The summed E-state index contributed by atoms with van der Waals surface area (Å²) in [4.78, 5) is 19.0. The van der Waals surface area contributed by atoms with Crippen molar-refractivity contribution >= 4 is 27.3 Å². The van der Waals surface area contributed by atoms with E-state index in [4.69, 9.17) is 5.14 Å². The van der Waals surface area contributed by atoms with E-state index >= 15 is 0 Å². The number of rotatable bonds is 6. The molecule has 7 nitrogen and oxygen atoms in total. The fourth-order valence-corrected chi connectivity index (χ4v) is 3.91. The van der Waals surface area contributed by atoms with Crippen molar-refractivity contribution in [3.63, 3.8) is 0 Å². The van der Waals surface area contributed by atoms with Gasteiger partial charge < -0.3 is 9.80 Å². The number of nitrogens with two attached hydrogens (primary N) is 1. The summed E-state index contributed by atoms with van der Waals surface area (Å²) in [6, 6.07) is 16.3. The highest BCUT2D eigenvalue weighted by atomic mass is 32.2. The molecule has 0 aromatic heterocycles. The van der Waals surface area contributed by atoms with E-state index in [0.717, 1.165) is 37.6 Å². The number of benzene rings is 2. The number of amides is 1. The second-order valence-electron chi connectivity index (χ2n) is 6.78. The molecule has 8 heteroatoms. The van der Waals surface area contributed by atoms with Gasteiger partial charge in [-0.1, -0.05) is 18.2 Å². The number of piperazine rings is 1. The number of anilines is 2. The van der Waals surface area contributed by atoms with E-state index in [9.17, 15) is 13.2 Å². The maximum Gasteiger partial charge on any atom is 0.241 e. The van der Waals surface area contributed by atoms with Crippen molar-refractivity contribution in [2.24, 2.45) is 5.14 Å². The second kappa shape index (κ2) is 8.72. The van der Waals surface area contributed by atoms with Gasteiger partial charge in [0, 0.05) is 44.1 Å². The first kappa shape index (κ1) is 20.3. The Morgan fingerprint density at radius 3 is 2.14 bits per heavy atom. The van der Waals surface area contributed by atoms with Gasteiger partial charge in [-0.2, -0.15) is 0 Å². The summed E-state index contributed by atoms with van der Waals surface area (Å²) in [7, 11) is -3.68. The predicted molar refractivity (Wildman–Crippen MR) is 111 cm³/mol. The van der Waals surface area contributed by atoms with Gasteiger partial charge in [-0.15, -0.1) is 0 Å². The van der Waals surface area contributed by atoms with E-state index in [2.05, 4.69) is 9.80 Å². The molecule has 1 fully saturated rings. The molecule has 0 radical (unpaired) electrons. The van der Waals surface area contributed by atoms with Crippen molar-refractivity contribution < 1.29 is 13.2 Å². The molecule has 1 saturated heterocycles. The Morgan fingerprint density at radius 1 is 1.00 bits per heavy atom. The Labute approximate surface area is 166 Å². The fraction of sp³-hybridized carbons (Fsp3) is 0.350. The third-order valence-corrected chi connectivity index (χ3v) is 5.88. The highest BCUT2D eigenvalue weighted by molar-refractivity contribution is 7.89. The number of carbonyl (C=O) groups excluding carboxylic acids is 1. The molecule has 28 heavy (non-hydrogen) atoms. The molecule has 0 bridgehead atoms. The molecular formula is C20H26N4O3S. The topological polar surface area (TPSA) is 86.9 Å². The van der Waals surface area contributed by atoms with Crippen molar-refractivity contribution in [2.75, 3.05) is 49.1 Å². The summed E-state index contributed by atoms with van der Waals surface area (Å²) in [6.45, 7) is 6.11. The summed E-state index contributed by atoms with van der Waals surface area (Å²) in [5.74, 6) is 0.0969. The van der Waals surface area contributed by atoms with Gasteiger partial charge in [0.2, 0.25) is 15.9 Å². The molecule has 1 aliphatic heterocycles. The highest BCUT2D eigenvalue weighted by Crippen LogP contribution is 2.19. The number of carbonyl (C=O) groups is 1. The number of hydrogen-bond donors (Lipinski definition) is 1. The molecule has 2 aromatic carbocycles. The molecule has 2 N–H and O–H groups in total. The number of primary sulfonamides is 1.